The van der Waals surface area contributed by atoms with Crippen LogP contribution in [0.15, 0.2) is 83.0 Å². The van der Waals surface area contributed by atoms with Gasteiger partial charge in [0.05, 0.1) is 26.6 Å². The number of hydrazone groups is 2. The molecule has 3 aromatic carbocycles. The largest absolute Gasteiger partial charge is 0.497 e. The van der Waals surface area contributed by atoms with Gasteiger partial charge in [0.25, 0.3) is 0 Å². The molecule has 0 saturated carbocycles. The van der Waals surface area contributed by atoms with E-state index in [9.17, 15) is 8.78 Å². The quantitative estimate of drug-likeness (QED) is 0.196. The number of ether oxygens (including phenoxy) is 2. The summed E-state index contributed by atoms with van der Waals surface area (Å²) in [7, 11) is 2.92. The number of methoxy groups -OCH3 is 2. The van der Waals surface area contributed by atoms with Gasteiger partial charge in [-0.1, -0.05) is 18.2 Å². The van der Waals surface area contributed by atoms with Crippen LogP contribution in [0.5, 0.6) is 11.5 Å². The molecule has 0 fully saturated rings. The summed E-state index contributed by atoms with van der Waals surface area (Å²) in [6.07, 6.45) is 2.62. The third-order valence-electron chi connectivity index (χ3n) is 4.94. The Morgan fingerprint density at radius 2 is 1.27 bits per heavy atom. The third-order valence-corrected chi connectivity index (χ3v) is 4.94. The van der Waals surface area contributed by atoms with Gasteiger partial charge in [0, 0.05) is 35.0 Å². The maximum Gasteiger partial charge on any atom is 0.247 e. The van der Waals surface area contributed by atoms with Crippen LogP contribution in [0, 0.1) is 11.6 Å². The number of nitrogens with one attached hydrogen (secondary N) is 3. The first-order valence-corrected chi connectivity index (χ1v) is 11.0. The van der Waals surface area contributed by atoms with E-state index in [1.54, 1.807) is 24.3 Å². The van der Waals surface area contributed by atoms with Gasteiger partial charge in [-0.05, 0) is 36.4 Å². The van der Waals surface area contributed by atoms with Crippen LogP contribution in [-0.2, 0) is 0 Å². The molecular weight excluding hydrogens is 480 g/mol. The predicted molar refractivity (Wildman–Crippen MR) is 140 cm³/mol. The molecule has 0 atom stereocenters. The number of anilines is 4. The number of hydrogen-bond acceptors (Lipinski definition) is 9. The Labute approximate surface area is 211 Å². The summed E-state index contributed by atoms with van der Waals surface area (Å²) in [5, 5.41) is 11.3. The molecule has 0 amide bonds. The molecule has 1 aromatic heterocycles. The van der Waals surface area contributed by atoms with Crippen molar-refractivity contribution in [3.63, 3.8) is 0 Å². The molecule has 0 aliphatic heterocycles. The van der Waals surface area contributed by atoms with Gasteiger partial charge >= 0.3 is 0 Å². The van der Waals surface area contributed by atoms with Crippen LogP contribution in [0.3, 0.4) is 0 Å². The maximum atomic E-state index is 14.2. The van der Waals surface area contributed by atoms with Crippen molar-refractivity contribution in [1.82, 2.24) is 9.97 Å². The van der Waals surface area contributed by atoms with Gasteiger partial charge in [-0.2, -0.15) is 20.2 Å². The number of nitrogens with zero attached hydrogens (tertiary/aromatic N) is 4. The molecule has 3 N–H and O–H groups in total. The molecule has 37 heavy (non-hydrogen) atoms. The monoisotopic (exact) mass is 503 g/mol. The van der Waals surface area contributed by atoms with Crippen LogP contribution in [0.4, 0.5) is 32.1 Å². The summed E-state index contributed by atoms with van der Waals surface area (Å²) >= 11 is 0. The van der Waals surface area contributed by atoms with Crippen molar-refractivity contribution in [2.24, 2.45) is 10.2 Å². The van der Waals surface area contributed by atoms with E-state index >= 15 is 0 Å². The Morgan fingerprint density at radius 3 is 1.84 bits per heavy atom. The van der Waals surface area contributed by atoms with Crippen molar-refractivity contribution >= 4 is 35.7 Å². The highest BCUT2D eigenvalue weighted by Crippen LogP contribution is 2.20. The molecule has 0 saturated heterocycles. The fourth-order valence-corrected chi connectivity index (χ4v) is 3.09. The second kappa shape index (κ2) is 12.1. The topological polar surface area (TPSA) is 105 Å². The molecule has 0 unspecified atom stereocenters. The average molecular weight is 504 g/mol. The first-order chi connectivity index (χ1) is 18.0. The van der Waals surface area contributed by atoms with Gasteiger partial charge in [0.15, 0.2) is 5.82 Å². The van der Waals surface area contributed by atoms with Crippen molar-refractivity contribution in [2.75, 3.05) is 30.4 Å². The minimum atomic E-state index is -0.493. The van der Waals surface area contributed by atoms with Gasteiger partial charge < -0.3 is 14.8 Å². The fourth-order valence-electron chi connectivity index (χ4n) is 3.09. The van der Waals surface area contributed by atoms with Crippen molar-refractivity contribution in [3.05, 3.63) is 95.6 Å². The first kappa shape index (κ1) is 25.0. The normalized spacial score (nSPS) is 11.0. The third kappa shape index (κ3) is 6.98. The highest BCUT2D eigenvalue weighted by molar-refractivity contribution is 5.81. The molecule has 0 radical (unpaired) electrons. The number of para-hydroxylation sites is 1. The van der Waals surface area contributed by atoms with Crippen LogP contribution in [0.2, 0.25) is 0 Å². The van der Waals surface area contributed by atoms with E-state index in [0.29, 0.717) is 23.1 Å². The van der Waals surface area contributed by atoms with Crippen molar-refractivity contribution < 1.29 is 18.3 Å². The standard InChI is InChI=1S/C26H23F2N7O2/c1-36-20-10-8-17(22(27)12-20)15-29-34-25-14-24(31-19-6-4-3-5-7-19)32-26(33-25)35-30-16-18-9-11-21(37-2)13-23(18)28/h3-16H,1-2H3,(H3,31,32,33,34,35). The lowest BCUT2D eigenvalue weighted by molar-refractivity contribution is 0.411. The summed E-state index contributed by atoms with van der Waals surface area (Å²) in [6.45, 7) is 0. The Balaban J connectivity index is 1.53. The van der Waals surface area contributed by atoms with Gasteiger partial charge in [0.2, 0.25) is 5.95 Å². The first-order valence-electron chi connectivity index (χ1n) is 11.0. The second-order valence-electron chi connectivity index (χ2n) is 7.47. The second-order valence-corrected chi connectivity index (χ2v) is 7.47. The van der Waals surface area contributed by atoms with E-state index in [4.69, 9.17) is 9.47 Å². The number of rotatable bonds is 10. The number of hydrogen-bond donors (Lipinski definition) is 3. The Bertz CT molecular complexity index is 1330. The highest BCUT2D eigenvalue weighted by atomic mass is 19.1. The molecule has 1 heterocycles. The van der Waals surface area contributed by atoms with Gasteiger partial charge in [0.1, 0.15) is 29.0 Å². The molecule has 4 aromatic rings. The molecule has 0 bridgehead atoms. The van der Waals surface area contributed by atoms with Crippen LogP contribution < -0.4 is 25.6 Å². The van der Waals surface area contributed by atoms with Crippen LogP contribution in [0.1, 0.15) is 11.1 Å². The van der Waals surface area contributed by atoms with Gasteiger partial charge in [-0.15, -0.1) is 0 Å². The molecule has 0 aliphatic carbocycles. The zero-order valence-electron chi connectivity index (χ0n) is 19.9. The van der Waals surface area contributed by atoms with E-state index in [-0.39, 0.29) is 17.1 Å². The van der Waals surface area contributed by atoms with Crippen molar-refractivity contribution in [3.8, 4) is 11.5 Å². The summed E-state index contributed by atoms with van der Waals surface area (Å²) in [5.41, 5.74) is 6.75. The van der Waals surface area contributed by atoms with Gasteiger partial charge in [-0.25, -0.2) is 14.2 Å². The Kier molecular flexibility index (Phi) is 8.17. The van der Waals surface area contributed by atoms with Crippen LogP contribution >= 0.6 is 0 Å². The minimum Gasteiger partial charge on any atom is -0.497 e. The zero-order chi connectivity index (χ0) is 26.0. The Morgan fingerprint density at radius 1 is 0.703 bits per heavy atom. The minimum absolute atomic E-state index is 0.111. The van der Waals surface area contributed by atoms with E-state index in [1.165, 1.54) is 44.8 Å². The summed E-state index contributed by atoms with van der Waals surface area (Å²) in [4.78, 5) is 8.69. The van der Waals surface area contributed by atoms with E-state index < -0.39 is 11.6 Å². The SMILES string of the molecule is COc1ccc(C=NNc2cc(Nc3ccccc3)nc(NN=Cc3ccc(OC)cc3F)n2)c(F)c1. The predicted octanol–water partition coefficient (Wildman–Crippen LogP) is 5.41. The van der Waals surface area contributed by atoms with Crippen molar-refractivity contribution in [2.45, 2.75) is 0 Å². The van der Waals surface area contributed by atoms with Crippen molar-refractivity contribution in [1.29, 1.82) is 0 Å². The highest BCUT2D eigenvalue weighted by Gasteiger charge is 2.07. The average Bonchev–Trinajstić information content (AvgIpc) is 2.91. The molecule has 188 valence electrons. The van der Waals surface area contributed by atoms with Crippen LogP contribution in [-0.4, -0.2) is 36.6 Å². The fraction of sp³-hybridized carbons (Fsp3) is 0.0769. The van der Waals surface area contributed by atoms with E-state index in [1.807, 2.05) is 30.3 Å². The van der Waals surface area contributed by atoms with Gasteiger partial charge in [-0.3, -0.25) is 5.43 Å². The smallest absolute Gasteiger partial charge is 0.247 e. The lowest BCUT2D eigenvalue weighted by atomic mass is 10.2. The number of halogens is 2. The molecule has 0 aliphatic rings. The lowest BCUT2D eigenvalue weighted by Gasteiger charge is -2.09. The molecule has 11 heteroatoms. The summed E-state index contributed by atoms with van der Waals surface area (Å²) < 4.78 is 38.4. The zero-order valence-corrected chi connectivity index (χ0v) is 19.9. The molecule has 4 rings (SSSR count). The molecule has 0 spiro atoms. The van der Waals surface area contributed by atoms with E-state index in [0.717, 1.165) is 5.69 Å². The maximum absolute atomic E-state index is 14.2. The Hall–Kier alpha value is -5.06. The lowest BCUT2D eigenvalue weighted by Crippen LogP contribution is -2.04. The summed E-state index contributed by atoms with van der Waals surface area (Å²) in [6, 6.07) is 19.9. The number of benzene rings is 3. The molecule has 9 nitrogen and oxygen atoms in total. The van der Waals surface area contributed by atoms with E-state index in [2.05, 4.69) is 36.3 Å². The number of aromatic nitrogens is 2. The summed E-state index contributed by atoms with van der Waals surface area (Å²) in [5.74, 6) is 0.667. The van der Waals surface area contributed by atoms with Crippen LogP contribution in [0.25, 0.3) is 0 Å². The molecular formula is C26H23F2N7O2.